The number of nitrogens with zero attached hydrogens (tertiary/aromatic N) is 2. The molecule has 1 aliphatic heterocycles. The number of thiophene rings is 1. The SMILES string of the molecule is CCOC(=O)C1=C(c2ccccc2)N=c2sc(=Cc3ccc(-c4ccc(C(=O)O)cc4)o3)c(=O)n2C1c1cccs1. The number of carbonyl (C=O) groups is 2. The molecule has 0 saturated heterocycles. The maximum Gasteiger partial charge on any atom is 0.338 e. The molecule has 1 unspecified atom stereocenters. The molecule has 0 saturated carbocycles. The van der Waals surface area contributed by atoms with E-state index < -0.39 is 18.0 Å². The van der Waals surface area contributed by atoms with Gasteiger partial charge in [-0.2, -0.15) is 0 Å². The zero-order valence-electron chi connectivity index (χ0n) is 21.6. The molecule has 204 valence electrons. The van der Waals surface area contributed by atoms with Crippen molar-refractivity contribution >= 4 is 46.4 Å². The van der Waals surface area contributed by atoms with Gasteiger partial charge in [-0.25, -0.2) is 14.6 Å². The number of furan rings is 1. The summed E-state index contributed by atoms with van der Waals surface area (Å²) >= 11 is 2.67. The molecule has 6 rings (SSSR count). The fourth-order valence-corrected chi connectivity index (χ4v) is 6.45. The number of ether oxygens (including phenoxy) is 1. The second kappa shape index (κ2) is 11.0. The summed E-state index contributed by atoms with van der Waals surface area (Å²) in [7, 11) is 0. The van der Waals surface area contributed by atoms with Crippen LogP contribution in [0.3, 0.4) is 0 Å². The Kier molecular flexibility index (Phi) is 7.08. The van der Waals surface area contributed by atoms with Crippen LogP contribution < -0.4 is 14.9 Å². The predicted molar refractivity (Wildman–Crippen MR) is 156 cm³/mol. The van der Waals surface area contributed by atoms with Crippen molar-refractivity contribution in [1.82, 2.24) is 4.57 Å². The number of thiazole rings is 1. The number of rotatable bonds is 7. The Morgan fingerprint density at radius 1 is 1.02 bits per heavy atom. The Bertz CT molecular complexity index is 1960. The zero-order valence-corrected chi connectivity index (χ0v) is 23.3. The lowest BCUT2D eigenvalue weighted by Crippen LogP contribution is -2.39. The van der Waals surface area contributed by atoms with Gasteiger partial charge in [-0.3, -0.25) is 9.36 Å². The number of hydrogen-bond donors (Lipinski definition) is 1. The molecule has 0 amide bonds. The van der Waals surface area contributed by atoms with E-state index in [2.05, 4.69) is 0 Å². The first-order chi connectivity index (χ1) is 19.9. The average Bonchev–Trinajstić information content (AvgIpc) is 3.75. The van der Waals surface area contributed by atoms with Gasteiger partial charge in [0, 0.05) is 22.1 Å². The van der Waals surface area contributed by atoms with Crippen molar-refractivity contribution in [3.8, 4) is 11.3 Å². The highest BCUT2D eigenvalue weighted by Crippen LogP contribution is 2.36. The molecule has 0 radical (unpaired) electrons. The summed E-state index contributed by atoms with van der Waals surface area (Å²) in [6, 6.07) is 22.3. The van der Waals surface area contributed by atoms with E-state index in [0.29, 0.717) is 37.7 Å². The lowest BCUT2D eigenvalue weighted by molar-refractivity contribution is -0.138. The summed E-state index contributed by atoms with van der Waals surface area (Å²) < 4.78 is 13.4. The van der Waals surface area contributed by atoms with Crippen LogP contribution in [-0.4, -0.2) is 28.2 Å². The molecule has 1 aliphatic rings. The molecule has 10 heteroatoms. The van der Waals surface area contributed by atoms with Crippen LogP contribution in [0.25, 0.3) is 23.1 Å². The van der Waals surface area contributed by atoms with Gasteiger partial charge in [-0.1, -0.05) is 59.9 Å². The number of fused-ring (bicyclic) bond motifs is 1. The van der Waals surface area contributed by atoms with Crippen molar-refractivity contribution in [2.75, 3.05) is 6.61 Å². The molecule has 41 heavy (non-hydrogen) atoms. The summed E-state index contributed by atoms with van der Waals surface area (Å²) in [4.78, 5) is 44.6. The fourth-order valence-electron chi connectivity index (χ4n) is 4.65. The smallest absolute Gasteiger partial charge is 0.338 e. The highest BCUT2D eigenvalue weighted by atomic mass is 32.1. The Hall–Kier alpha value is -4.80. The Balaban J connectivity index is 1.50. The van der Waals surface area contributed by atoms with Gasteiger partial charge in [-0.05, 0) is 42.6 Å². The van der Waals surface area contributed by atoms with E-state index in [1.807, 2.05) is 47.8 Å². The lowest BCUT2D eigenvalue weighted by atomic mass is 9.97. The van der Waals surface area contributed by atoms with Gasteiger partial charge in [0.1, 0.15) is 17.6 Å². The molecule has 1 N–H and O–H groups in total. The Morgan fingerprint density at radius 3 is 2.49 bits per heavy atom. The van der Waals surface area contributed by atoms with Crippen LogP contribution in [0.15, 0.2) is 104 Å². The molecule has 1 atom stereocenters. The summed E-state index contributed by atoms with van der Waals surface area (Å²) in [5.41, 5.74) is 2.12. The summed E-state index contributed by atoms with van der Waals surface area (Å²) in [6.07, 6.45) is 1.65. The first kappa shape index (κ1) is 26.4. The van der Waals surface area contributed by atoms with E-state index in [-0.39, 0.29) is 17.7 Å². The van der Waals surface area contributed by atoms with Crippen LogP contribution in [0.5, 0.6) is 0 Å². The standard InChI is InChI=1S/C31H22N2O6S2/c1-2-38-30(37)25-26(19-7-4-3-5-8-19)32-31-33(27(25)23-9-6-16-40-23)28(34)24(41-31)17-21-14-15-22(39-21)18-10-12-20(13-11-18)29(35)36/h3-17,27H,2H2,1H3,(H,35,36). The molecule has 0 spiro atoms. The number of carboxylic acid groups (broad SMARTS) is 1. The summed E-state index contributed by atoms with van der Waals surface area (Å²) in [5.74, 6) is -0.539. The monoisotopic (exact) mass is 582 g/mol. The van der Waals surface area contributed by atoms with Gasteiger partial charge in [-0.15, -0.1) is 11.3 Å². The van der Waals surface area contributed by atoms with Crippen LogP contribution in [0, 0.1) is 0 Å². The molecular formula is C31H22N2O6S2. The third-order valence-electron chi connectivity index (χ3n) is 6.50. The molecule has 0 fully saturated rings. The van der Waals surface area contributed by atoms with Crippen molar-refractivity contribution in [2.24, 2.45) is 4.99 Å². The minimum Gasteiger partial charge on any atom is -0.478 e. The van der Waals surface area contributed by atoms with Crippen molar-refractivity contribution < 1.29 is 23.8 Å². The maximum atomic E-state index is 13.9. The molecule has 3 aromatic heterocycles. The van der Waals surface area contributed by atoms with Gasteiger partial charge in [0.15, 0.2) is 4.80 Å². The van der Waals surface area contributed by atoms with Gasteiger partial charge >= 0.3 is 11.9 Å². The number of benzene rings is 2. The quantitative estimate of drug-likeness (QED) is 0.272. The first-order valence-electron chi connectivity index (χ1n) is 12.7. The first-order valence-corrected chi connectivity index (χ1v) is 14.4. The fraction of sp³-hybridized carbons (Fsp3) is 0.0968. The number of aromatic nitrogens is 1. The van der Waals surface area contributed by atoms with E-state index in [1.54, 1.807) is 41.8 Å². The van der Waals surface area contributed by atoms with Gasteiger partial charge in [0.2, 0.25) is 0 Å². The van der Waals surface area contributed by atoms with Crippen LogP contribution in [0.1, 0.15) is 39.5 Å². The van der Waals surface area contributed by atoms with E-state index in [1.165, 1.54) is 34.8 Å². The van der Waals surface area contributed by atoms with Crippen LogP contribution >= 0.6 is 22.7 Å². The second-order valence-electron chi connectivity index (χ2n) is 9.03. The Labute approximate surface area is 241 Å². The zero-order chi connectivity index (χ0) is 28.5. The third kappa shape index (κ3) is 4.99. The number of hydrogen-bond acceptors (Lipinski definition) is 8. The largest absolute Gasteiger partial charge is 0.478 e. The normalized spacial score (nSPS) is 15.0. The topological polar surface area (TPSA) is 111 Å². The highest BCUT2D eigenvalue weighted by Gasteiger charge is 2.35. The predicted octanol–water partition coefficient (Wildman–Crippen LogP) is 4.96. The molecule has 4 heterocycles. The van der Waals surface area contributed by atoms with Crippen molar-refractivity contribution in [3.63, 3.8) is 0 Å². The van der Waals surface area contributed by atoms with Crippen molar-refractivity contribution in [3.05, 3.63) is 131 Å². The van der Waals surface area contributed by atoms with Crippen LogP contribution in [-0.2, 0) is 9.53 Å². The van der Waals surface area contributed by atoms with Crippen molar-refractivity contribution in [1.29, 1.82) is 0 Å². The van der Waals surface area contributed by atoms with E-state index in [4.69, 9.17) is 19.3 Å². The number of esters is 1. The van der Waals surface area contributed by atoms with Gasteiger partial charge in [0.25, 0.3) is 5.56 Å². The minimum atomic E-state index is -1.01. The van der Waals surface area contributed by atoms with Gasteiger partial charge < -0.3 is 14.3 Å². The molecule has 0 aliphatic carbocycles. The molecule has 0 bridgehead atoms. The Morgan fingerprint density at radius 2 is 1.80 bits per heavy atom. The maximum absolute atomic E-state index is 13.9. The number of carbonyl (C=O) groups excluding carboxylic acids is 1. The van der Waals surface area contributed by atoms with Crippen molar-refractivity contribution in [2.45, 2.75) is 13.0 Å². The van der Waals surface area contributed by atoms with E-state index >= 15 is 0 Å². The highest BCUT2D eigenvalue weighted by molar-refractivity contribution is 7.10. The molecular weight excluding hydrogens is 560 g/mol. The van der Waals surface area contributed by atoms with Gasteiger partial charge in [0.05, 0.1) is 28.0 Å². The molecule has 5 aromatic rings. The second-order valence-corrected chi connectivity index (χ2v) is 11.0. The molecule has 2 aromatic carbocycles. The summed E-state index contributed by atoms with van der Waals surface area (Å²) in [6.45, 7) is 1.93. The number of aromatic carboxylic acids is 1. The third-order valence-corrected chi connectivity index (χ3v) is 8.41. The average molecular weight is 583 g/mol. The van der Waals surface area contributed by atoms with Crippen LogP contribution in [0.4, 0.5) is 0 Å². The van der Waals surface area contributed by atoms with E-state index in [9.17, 15) is 14.4 Å². The van der Waals surface area contributed by atoms with Crippen LogP contribution in [0.2, 0.25) is 0 Å². The molecule has 8 nitrogen and oxygen atoms in total. The van der Waals surface area contributed by atoms with E-state index in [0.717, 1.165) is 10.4 Å². The number of carboxylic acids is 1. The summed E-state index contributed by atoms with van der Waals surface area (Å²) in [5, 5.41) is 11.1. The lowest BCUT2D eigenvalue weighted by Gasteiger charge is -2.24. The minimum absolute atomic E-state index is 0.180.